The van der Waals surface area contributed by atoms with Gasteiger partial charge in [-0.25, -0.2) is 0 Å². The van der Waals surface area contributed by atoms with Crippen molar-refractivity contribution in [1.29, 1.82) is 0 Å². The van der Waals surface area contributed by atoms with E-state index in [1.54, 1.807) is 11.3 Å². The summed E-state index contributed by atoms with van der Waals surface area (Å²) in [6, 6.07) is 2.45. The molecule has 3 rings (SSSR count). The lowest BCUT2D eigenvalue weighted by Gasteiger charge is -2.33. The fourth-order valence-electron chi connectivity index (χ4n) is 3.41. The summed E-state index contributed by atoms with van der Waals surface area (Å²) in [5.41, 5.74) is 1.78. The summed E-state index contributed by atoms with van der Waals surface area (Å²) in [5.74, 6) is 0.852. The predicted molar refractivity (Wildman–Crippen MR) is 88.0 cm³/mol. The van der Waals surface area contributed by atoms with Crippen LogP contribution in [0.2, 0.25) is 0 Å². The molecule has 1 amide bonds. The van der Waals surface area contributed by atoms with Crippen molar-refractivity contribution in [2.75, 3.05) is 13.1 Å². The lowest BCUT2D eigenvalue weighted by molar-refractivity contribution is 0.0944. The van der Waals surface area contributed by atoms with E-state index in [1.165, 1.54) is 16.9 Å². The highest BCUT2D eigenvalue weighted by atomic mass is 32.1. The van der Waals surface area contributed by atoms with E-state index in [9.17, 15) is 4.79 Å². The molecule has 2 unspecified atom stereocenters. The van der Waals surface area contributed by atoms with Crippen LogP contribution in [-0.2, 0) is 12.8 Å². The summed E-state index contributed by atoms with van der Waals surface area (Å²) < 4.78 is 0. The van der Waals surface area contributed by atoms with Crippen LogP contribution in [0.25, 0.3) is 0 Å². The fraction of sp³-hybridized carbons (Fsp3) is 0.706. The summed E-state index contributed by atoms with van der Waals surface area (Å²) in [6.45, 7) is 8.91. The summed E-state index contributed by atoms with van der Waals surface area (Å²) >= 11 is 1.71. The Balaban J connectivity index is 1.69. The minimum atomic E-state index is 0.121. The number of thiophene rings is 1. The van der Waals surface area contributed by atoms with E-state index < -0.39 is 0 Å². The predicted octanol–water partition coefficient (Wildman–Crippen LogP) is 2.99. The Labute approximate surface area is 131 Å². The number of amides is 1. The van der Waals surface area contributed by atoms with Crippen LogP contribution in [-0.4, -0.2) is 25.0 Å². The van der Waals surface area contributed by atoms with Crippen molar-refractivity contribution in [3.63, 3.8) is 0 Å². The number of aryl methyl sites for hydroxylation is 1. The SMILES string of the molecule is CC(C)(C)C1CCc2sc(C(=O)NC3CCNC3)cc2C1. The number of nitrogens with one attached hydrogen (secondary N) is 2. The number of carbonyl (C=O) groups is 1. The molecule has 21 heavy (non-hydrogen) atoms. The van der Waals surface area contributed by atoms with Gasteiger partial charge < -0.3 is 10.6 Å². The van der Waals surface area contributed by atoms with Gasteiger partial charge in [0, 0.05) is 17.5 Å². The topological polar surface area (TPSA) is 41.1 Å². The average Bonchev–Trinajstić information content (AvgIpc) is 3.04. The van der Waals surface area contributed by atoms with Gasteiger partial charge in [-0.05, 0) is 55.2 Å². The Morgan fingerprint density at radius 1 is 1.38 bits per heavy atom. The van der Waals surface area contributed by atoms with Gasteiger partial charge in [-0.3, -0.25) is 4.79 Å². The Bertz CT molecular complexity index is 523. The van der Waals surface area contributed by atoms with E-state index in [0.29, 0.717) is 11.5 Å². The van der Waals surface area contributed by atoms with Crippen LogP contribution in [0, 0.1) is 11.3 Å². The lowest BCUT2D eigenvalue weighted by Crippen LogP contribution is -2.35. The van der Waals surface area contributed by atoms with E-state index in [2.05, 4.69) is 37.5 Å². The molecule has 1 saturated heterocycles. The maximum Gasteiger partial charge on any atom is 0.261 e. The first kappa shape index (κ1) is 15.0. The molecule has 0 saturated carbocycles. The van der Waals surface area contributed by atoms with Gasteiger partial charge in [0.25, 0.3) is 5.91 Å². The van der Waals surface area contributed by atoms with Crippen molar-refractivity contribution in [1.82, 2.24) is 10.6 Å². The molecule has 1 aromatic rings. The maximum atomic E-state index is 12.4. The normalized spacial score (nSPS) is 25.7. The van der Waals surface area contributed by atoms with Gasteiger partial charge in [0.2, 0.25) is 0 Å². The van der Waals surface area contributed by atoms with E-state index in [-0.39, 0.29) is 5.91 Å². The third-order valence-corrected chi connectivity index (χ3v) is 6.16. The molecule has 1 aromatic heterocycles. The second kappa shape index (κ2) is 5.73. The molecule has 2 N–H and O–H groups in total. The molecule has 2 atom stereocenters. The van der Waals surface area contributed by atoms with E-state index >= 15 is 0 Å². The first-order chi connectivity index (χ1) is 9.93. The highest BCUT2D eigenvalue weighted by Crippen LogP contribution is 2.40. The van der Waals surface area contributed by atoms with Crippen molar-refractivity contribution in [3.05, 3.63) is 21.4 Å². The zero-order chi connectivity index (χ0) is 15.0. The minimum absolute atomic E-state index is 0.121. The van der Waals surface area contributed by atoms with Crippen LogP contribution in [0.5, 0.6) is 0 Å². The maximum absolute atomic E-state index is 12.4. The molecule has 0 spiro atoms. The monoisotopic (exact) mass is 306 g/mol. The van der Waals surface area contributed by atoms with Crippen LogP contribution in [0.1, 0.15) is 53.7 Å². The molecule has 0 aromatic carbocycles. The average molecular weight is 306 g/mol. The second-order valence-electron chi connectivity index (χ2n) is 7.53. The van der Waals surface area contributed by atoms with Crippen molar-refractivity contribution in [2.45, 2.75) is 52.5 Å². The molecule has 2 aliphatic rings. The smallest absolute Gasteiger partial charge is 0.261 e. The van der Waals surface area contributed by atoms with Gasteiger partial charge in [-0.1, -0.05) is 20.8 Å². The van der Waals surface area contributed by atoms with E-state index in [1.807, 2.05) is 0 Å². The first-order valence-corrected chi connectivity index (χ1v) is 8.88. The van der Waals surface area contributed by atoms with Crippen LogP contribution in [0.15, 0.2) is 6.07 Å². The van der Waals surface area contributed by atoms with Crippen LogP contribution in [0.3, 0.4) is 0 Å². The number of hydrogen-bond acceptors (Lipinski definition) is 3. The highest BCUT2D eigenvalue weighted by molar-refractivity contribution is 7.14. The molecule has 0 bridgehead atoms. The quantitative estimate of drug-likeness (QED) is 0.882. The summed E-state index contributed by atoms with van der Waals surface area (Å²) in [4.78, 5) is 14.7. The first-order valence-electron chi connectivity index (χ1n) is 8.06. The number of fused-ring (bicyclic) bond motifs is 1. The zero-order valence-corrected chi connectivity index (χ0v) is 14.1. The zero-order valence-electron chi connectivity index (χ0n) is 13.3. The summed E-state index contributed by atoms with van der Waals surface area (Å²) in [6.07, 6.45) is 4.57. The Hall–Kier alpha value is -0.870. The van der Waals surface area contributed by atoms with E-state index in [4.69, 9.17) is 0 Å². The van der Waals surface area contributed by atoms with E-state index in [0.717, 1.165) is 43.1 Å². The Kier molecular flexibility index (Phi) is 4.10. The van der Waals surface area contributed by atoms with Crippen LogP contribution >= 0.6 is 11.3 Å². The summed E-state index contributed by atoms with van der Waals surface area (Å²) in [7, 11) is 0. The molecule has 0 radical (unpaired) electrons. The van der Waals surface area contributed by atoms with Crippen LogP contribution < -0.4 is 10.6 Å². The standard InChI is InChI=1S/C17H26N2OS/c1-17(2,3)12-4-5-14-11(8-12)9-15(21-14)16(20)19-13-6-7-18-10-13/h9,12-13,18H,4-8,10H2,1-3H3,(H,19,20). The number of hydrogen-bond donors (Lipinski definition) is 2. The molecule has 2 heterocycles. The Morgan fingerprint density at radius 3 is 2.86 bits per heavy atom. The lowest BCUT2D eigenvalue weighted by atomic mass is 9.72. The Morgan fingerprint density at radius 2 is 2.19 bits per heavy atom. The van der Waals surface area contributed by atoms with Gasteiger partial charge in [0.15, 0.2) is 0 Å². The number of rotatable bonds is 2. The van der Waals surface area contributed by atoms with Gasteiger partial charge >= 0.3 is 0 Å². The number of carbonyl (C=O) groups excluding carboxylic acids is 1. The minimum Gasteiger partial charge on any atom is -0.347 e. The van der Waals surface area contributed by atoms with Crippen LogP contribution in [0.4, 0.5) is 0 Å². The third-order valence-electron chi connectivity index (χ3n) is 4.93. The van der Waals surface area contributed by atoms with Gasteiger partial charge in [0.1, 0.15) is 0 Å². The molecular weight excluding hydrogens is 280 g/mol. The molecule has 1 aliphatic heterocycles. The highest BCUT2D eigenvalue weighted by Gasteiger charge is 2.30. The van der Waals surface area contributed by atoms with Crippen molar-refractivity contribution < 1.29 is 4.79 Å². The largest absolute Gasteiger partial charge is 0.347 e. The molecular formula is C17H26N2OS. The molecule has 4 heteroatoms. The fourth-order valence-corrected chi connectivity index (χ4v) is 4.52. The molecule has 1 aliphatic carbocycles. The van der Waals surface area contributed by atoms with Gasteiger partial charge in [-0.2, -0.15) is 0 Å². The van der Waals surface area contributed by atoms with Gasteiger partial charge in [-0.15, -0.1) is 11.3 Å². The third kappa shape index (κ3) is 3.32. The molecule has 116 valence electrons. The molecule has 3 nitrogen and oxygen atoms in total. The van der Waals surface area contributed by atoms with Crippen molar-refractivity contribution in [3.8, 4) is 0 Å². The van der Waals surface area contributed by atoms with Crippen molar-refractivity contribution in [2.24, 2.45) is 11.3 Å². The van der Waals surface area contributed by atoms with Gasteiger partial charge in [0.05, 0.1) is 4.88 Å². The summed E-state index contributed by atoms with van der Waals surface area (Å²) in [5, 5.41) is 6.44. The second-order valence-corrected chi connectivity index (χ2v) is 8.66. The molecule has 1 fully saturated rings. The van der Waals surface area contributed by atoms with Crippen molar-refractivity contribution >= 4 is 17.2 Å².